The van der Waals surface area contributed by atoms with E-state index in [0.717, 1.165) is 0 Å². The number of carbonyl (C=O) groups is 2. The average Bonchev–Trinajstić information content (AvgIpc) is 2.55. The van der Waals surface area contributed by atoms with E-state index in [1.54, 1.807) is 6.92 Å². The van der Waals surface area contributed by atoms with Gasteiger partial charge in [-0.1, -0.05) is 0 Å². The first-order chi connectivity index (χ1) is 7.50. The average molecular weight is 221 g/mol. The van der Waals surface area contributed by atoms with Crippen LogP contribution in [0.25, 0.3) is 11.1 Å². The molecule has 0 fully saturated rings. The highest BCUT2D eigenvalue weighted by Crippen LogP contribution is 2.23. The van der Waals surface area contributed by atoms with Gasteiger partial charge >= 0.3 is 11.9 Å². The Kier molecular flexibility index (Phi) is 2.12. The first kappa shape index (κ1) is 10.2. The van der Waals surface area contributed by atoms with Crippen molar-refractivity contribution < 1.29 is 24.2 Å². The molecule has 0 aliphatic carbocycles. The van der Waals surface area contributed by atoms with Gasteiger partial charge in [-0.15, -0.1) is 0 Å². The van der Waals surface area contributed by atoms with Gasteiger partial charge in [0.05, 0.1) is 5.56 Å². The van der Waals surface area contributed by atoms with Crippen LogP contribution in [0.4, 0.5) is 0 Å². The van der Waals surface area contributed by atoms with E-state index < -0.39 is 11.9 Å². The molecule has 6 nitrogen and oxygen atoms in total. The molecule has 2 rings (SSSR count). The molecule has 0 aliphatic rings. The zero-order chi connectivity index (χ0) is 11.9. The van der Waals surface area contributed by atoms with E-state index in [4.69, 9.17) is 14.6 Å². The van der Waals surface area contributed by atoms with Crippen molar-refractivity contribution in [2.24, 2.45) is 0 Å². The molecule has 0 radical (unpaired) electrons. The van der Waals surface area contributed by atoms with Crippen molar-refractivity contribution >= 4 is 23.0 Å². The normalized spacial score (nSPS) is 10.6. The quantitative estimate of drug-likeness (QED) is 0.797. The Morgan fingerprint density at radius 1 is 1.25 bits per heavy atom. The highest BCUT2D eigenvalue weighted by Gasteiger charge is 2.22. The van der Waals surface area contributed by atoms with Crippen molar-refractivity contribution in [2.45, 2.75) is 6.92 Å². The lowest BCUT2D eigenvalue weighted by atomic mass is 10.1. The Morgan fingerprint density at radius 2 is 1.94 bits per heavy atom. The van der Waals surface area contributed by atoms with Crippen LogP contribution in [0.15, 0.2) is 16.5 Å². The van der Waals surface area contributed by atoms with Gasteiger partial charge in [0, 0.05) is 6.92 Å². The summed E-state index contributed by atoms with van der Waals surface area (Å²) in [5.41, 5.74) is -0.319. The molecule has 1 aromatic heterocycles. The monoisotopic (exact) mass is 221 g/mol. The predicted octanol–water partition coefficient (Wildman–Crippen LogP) is 1.53. The van der Waals surface area contributed by atoms with Crippen LogP contribution in [0.1, 0.15) is 26.6 Å². The van der Waals surface area contributed by atoms with E-state index in [0.29, 0.717) is 5.89 Å². The van der Waals surface area contributed by atoms with Crippen LogP contribution in [-0.4, -0.2) is 27.1 Å². The van der Waals surface area contributed by atoms with Crippen molar-refractivity contribution in [3.63, 3.8) is 0 Å². The zero-order valence-corrected chi connectivity index (χ0v) is 8.22. The van der Waals surface area contributed by atoms with Gasteiger partial charge in [0.1, 0.15) is 11.1 Å². The van der Waals surface area contributed by atoms with Crippen LogP contribution in [0.3, 0.4) is 0 Å². The van der Waals surface area contributed by atoms with Gasteiger partial charge < -0.3 is 14.6 Å². The third-order valence-electron chi connectivity index (χ3n) is 2.11. The van der Waals surface area contributed by atoms with E-state index in [1.165, 1.54) is 12.1 Å². The third kappa shape index (κ3) is 1.40. The fourth-order valence-electron chi connectivity index (χ4n) is 1.50. The standard InChI is InChI=1S/C10H7NO5/c1-4-11-8-6(16-4)3-2-5(9(12)13)7(8)10(14)15/h2-3H,1H3,(H,12,13)(H,14,15). The predicted molar refractivity (Wildman–Crippen MR) is 52.7 cm³/mol. The summed E-state index contributed by atoms with van der Waals surface area (Å²) in [6.07, 6.45) is 0. The number of oxazole rings is 1. The largest absolute Gasteiger partial charge is 0.478 e. The van der Waals surface area contributed by atoms with Gasteiger partial charge in [-0.25, -0.2) is 14.6 Å². The SMILES string of the molecule is Cc1nc2c(C(=O)O)c(C(=O)O)ccc2o1. The van der Waals surface area contributed by atoms with Gasteiger partial charge in [0.2, 0.25) is 0 Å². The Bertz CT molecular complexity index is 599. The molecular weight excluding hydrogens is 214 g/mol. The van der Waals surface area contributed by atoms with Crippen LogP contribution in [0, 0.1) is 6.92 Å². The summed E-state index contributed by atoms with van der Waals surface area (Å²) in [7, 11) is 0. The molecule has 0 spiro atoms. The van der Waals surface area contributed by atoms with Gasteiger partial charge in [0.25, 0.3) is 0 Å². The van der Waals surface area contributed by atoms with E-state index in [-0.39, 0.29) is 22.2 Å². The highest BCUT2D eigenvalue weighted by atomic mass is 16.4. The lowest BCUT2D eigenvalue weighted by molar-refractivity contribution is 0.0653. The second kappa shape index (κ2) is 3.34. The number of aromatic carboxylic acids is 2. The zero-order valence-electron chi connectivity index (χ0n) is 8.22. The first-order valence-electron chi connectivity index (χ1n) is 4.37. The number of hydrogen-bond donors (Lipinski definition) is 2. The number of fused-ring (bicyclic) bond motifs is 1. The molecule has 0 saturated carbocycles. The topological polar surface area (TPSA) is 101 Å². The lowest BCUT2D eigenvalue weighted by Crippen LogP contribution is -2.08. The summed E-state index contributed by atoms with van der Waals surface area (Å²) < 4.78 is 5.13. The van der Waals surface area contributed by atoms with E-state index in [2.05, 4.69) is 4.98 Å². The molecule has 0 unspecified atom stereocenters. The molecule has 1 heterocycles. The number of benzene rings is 1. The molecule has 6 heteroatoms. The van der Waals surface area contributed by atoms with Crippen molar-refractivity contribution in [2.75, 3.05) is 0 Å². The van der Waals surface area contributed by atoms with Crippen molar-refractivity contribution in [3.8, 4) is 0 Å². The number of hydrogen-bond acceptors (Lipinski definition) is 4. The fraction of sp³-hybridized carbons (Fsp3) is 0.100. The number of nitrogens with zero attached hydrogens (tertiary/aromatic N) is 1. The number of carboxylic acid groups (broad SMARTS) is 2. The van der Waals surface area contributed by atoms with Crippen LogP contribution < -0.4 is 0 Å². The molecule has 16 heavy (non-hydrogen) atoms. The molecule has 0 saturated heterocycles. The molecule has 0 amide bonds. The smallest absolute Gasteiger partial charge is 0.338 e. The van der Waals surface area contributed by atoms with E-state index >= 15 is 0 Å². The fourth-order valence-corrected chi connectivity index (χ4v) is 1.50. The summed E-state index contributed by atoms with van der Waals surface area (Å²) in [4.78, 5) is 25.7. The Hall–Kier alpha value is -2.37. The number of aromatic nitrogens is 1. The molecule has 1 aromatic carbocycles. The van der Waals surface area contributed by atoms with E-state index in [1.807, 2.05) is 0 Å². The van der Waals surface area contributed by atoms with Crippen molar-refractivity contribution in [3.05, 3.63) is 29.2 Å². The van der Waals surface area contributed by atoms with Crippen molar-refractivity contribution in [1.29, 1.82) is 0 Å². The van der Waals surface area contributed by atoms with E-state index in [9.17, 15) is 9.59 Å². The van der Waals surface area contributed by atoms with Gasteiger partial charge in [-0.3, -0.25) is 0 Å². The molecule has 82 valence electrons. The summed E-state index contributed by atoms with van der Waals surface area (Å²) in [5.74, 6) is -2.35. The molecular formula is C10H7NO5. The van der Waals surface area contributed by atoms with Gasteiger partial charge in [0.15, 0.2) is 11.5 Å². The second-order valence-electron chi connectivity index (χ2n) is 3.18. The van der Waals surface area contributed by atoms with Crippen LogP contribution in [0.5, 0.6) is 0 Å². The lowest BCUT2D eigenvalue weighted by Gasteiger charge is -2.00. The van der Waals surface area contributed by atoms with Gasteiger partial charge in [-0.2, -0.15) is 0 Å². The third-order valence-corrected chi connectivity index (χ3v) is 2.11. The minimum atomic E-state index is -1.34. The van der Waals surface area contributed by atoms with Crippen molar-refractivity contribution in [1.82, 2.24) is 4.98 Å². The number of carboxylic acids is 2. The maximum absolute atomic E-state index is 11.0. The van der Waals surface area contributed by atoms with Crippen LogP contribution in [-0.2, 0) is 0 Å². The maximum atomic E-state index is 11.0. The maximum Gasteiger partial charge on any atom is 0.338 e. The first-order valence-corrected chi connectivity index (χ1v) is 4.37. The highest BCUT2D eigenvalue weighted by molar-refractivity contribution is 6.09. The minimum Gasteiger partial charge on any atom is -0.478 e. The molecule has 0 aliphatic heterocycles. The Balaban J connectivity index is 2.88. The number of aryl methyl sites for hydroxylation is 1. The number of rotatable bonds is 2. The summed E-state index contributed by atoms with van der Waals surface area (Å²) >= 11 is 0. The Morgan fingerprint density at radius 3 is 2.50 bits per heavy atom. The minimum absolute atomic E-state index is 0.0601. The van der Waals surface area contributed by atoms with Crippen LogP contribution >= 0.6 is 0 Å². The summed E-state index contributed by atoms with van der Waals surface area (Å²) in [5, 5.41) is 17.8. The van der Waals surface area contributed by atoms with Crippen LogP contribution in [0.2, 0.25) is 0 Å². The second-order valence-corrected chi connectivity index (χ2v) is 3.18. The van der Waals surface area contributed by atoms with Gasteiger partial charge in [-0.05, 0) is 12.1 Å². The molecule has 0 bridgehead atoms. The summed E-state index contributed by atoms with van der Waals surface area (Å²) in [6, 6.07) is 2.59. The Labute approximate surface area is 89.1 Å². The molecule has 2 N–H and O–H groups in total. The molecule has 0 atom stereocenters. The summed E-state index contributed by atoms with van der Waals surface area (Å²) in [6.45, 7) is 1.56. The molecule has 2 aromatic rings.